The van der Waals surface area contributed by atoms with Gasteiger partial charge >= 0.3 is 6.18 Å². The maximum Gasteiger partial charge on any atom is 0.416 e. The van der Waals surface area contributed by atoms with E-state index in [4.69, 9.17) is 16.2 Å². The van der Waals surface area contributed by atoms with E-state index in [2.05, 4.69) is 15.3 Å². The van der Waals surface area contributed by atoms with Crippen LogP contribution in [0.2, 0.25) is 0 Å². The second-order valence-electron chi connectivity index (χ2n) is 7.07. The Morgan fingerprint density at radius 3 is 2.48 bits per heavy atom. The molecule has 1 saturated heterocycles. The molecule has 1 aliphatic rings. The Morgan fingerprint density at radius 1 is 1.23 bits per heavy atom. The van der Waals surface area contributed by atoms with Crippen LogP contribution in [-0.2, 0) is 11.0 Å². The van der Waals surface area contributed by atoms with Gasteiger partial charge in [0.25, 0.3) is 5.91 Å². The molecule has 31 heavy (non-hydrogen) atoms. The minimum Gasteiger partial charge on any atom is -0.489 e. The van der Waals surface area contributed by atoms with Gasteiger partial charge in [-0.1, -0.05) is 0 Å². The van der Waals surface area contributed by atoms with Crippen LogP contribution >= 0.6 is 0 Å². The molecule has 2 atom stereocenters. The number of nitrogens with one attached hydrogen (secondary N) is 1. The summed E-state index contributed by atoms with van der Waals surface area (Å²) in [7, 11) is 0. The first-order valence-electron chi connectivity index (χ1n) is 9.36. The summed E-state index contributed by atoms with van der Waals surface area (Å²) in [5.74, 6) is -0.655. The number of ether oxygens (including phenoxy) is 1. The number of benzene rings is 1. The van der Waals surface area contributed by atoms with Gasteiger partial charge in [0.05, 0.1) is 12.1 Å². The van der Waals surface area contributed by atoms with Crippen LogP contribution in [0.4, 0.5) is 24.9 Å². The van der Waals surface area contributed by atoms with Crippen LogP contribution in [0.5, 0.6) is 5.75 Å². The number of nitrogens with zero attached hydrogens (tertiary/aromatic N) is 3. The third-order valence-corrected chi connectivity index (χ3v) is 4.67. The molecular formula is C19H21F3N6O3. The number of hydrogen-bond acceptors (Lipinski definition) is 7. The van der Waals surface area contributed by atoms with Gasteiger partial charge in [-0.3, -0.25) is 9.59 Å². The molecule has 1 fully saturated rings. The number of primary amides is 2. The number of anilines is 2. The van der Waals surface area contributed by atoms with Crippen LogP contribution in [0.25, 0.3) is 0 Å². The van der Waals surface area contributed by atoms with Crippen LogP contribution in [0.3, 0.4) is 0 Å². The molecule has 0 saturated carbocycles. The van der Waals surface area contributed by atoms with Crippen LogP contribution < -0.4 is 26.4 Å². The predicted molar refractivity (Wildman–Crippen MR) is 106 cm³/mol. The summed E-state index contributed by atoms with van der Waals surface area (Å²) in [4.78, 5) is 33.1. The minimum absolute atomic E-state index is 0.0451. The number of carbonyl (C=O) groups is 2. The third kappa shape index (κ3) is 5.53. The number of rotatable bonds is 7. The Morgan fingerprint density at radius 2 is 1.90 bits per heavy atom. The van der Waals surface area contributed by atoms with Gasteiger partial charge in [0.15, 0.2) is 0 Å². The van der Waals surface area contributed by atoms with Gasteiger partial charge in [0, 0.05) is 19.0 Å². The van der Waals surface area contributed by atoms with E-state index in [9.17, 15) is 22.8 Å². The molecule has 2 amide bonds. The number of nitrogens with two attached hydrogens (primary N) is 2. The molecule has 3 rings (SSSR count). The molecular weight excluding hydrogens is 417 g/mol. The van der Waals surface area contributed by atoms with Crippen molar-refractivity contribution in [3.8, 4) is 5.75 Å². The van der Waals surface area contributed by atoms with Crippen molar-refractivity contribution < 1.29 is 27.5 Å². The van der Waals surface area contributed by atoms with Gasteiger partial charge in [0.2, 0.25) is 11.9 Å². The Kier molecular flexibility index (Phi) is 6.18. The van der Waals surface area contributed by atoms with Crippen molar-refractivity contribution in [1.82, 2.24) is 9.97 Å². The highest BCUT2D eigenvalue weighted by atomic mass is 19.4. The van der Waals surface area contributed by atoms with Crippen molar-refractivity contribution >= 4 is 23.6 Å². The highest BCUT2D eigenvalue weighted by Crippen LogP contribution is 2.31. The van der Waals surface area contributed by atoms with E-state index in [0.29, 0.717) is 25.3 Å². The van der Waals surface area contributed by atoms with E-state index in [1.807, 2.05) is 0 Å². The Labute approximate surface area is 175 Å². The SMILES string of the molecule is CC(Nc1cc(C(N)=O)nc(N2CCC(Oc3ccc(C(F)(F)F)cc3)C2)n1)C(N)=O. The first-order valence-corrected chi connectivity index (χ1v) is 9.36. The van der Waals surface area contributed by atoms with Gasteiger partial charge in [-0.25, -0.2) is 4.98 Å². The standard InChI is InChI=1S/C19H21F3N6O3/c1-10(16(23)29)25-15-8-14(17(24)30)26-18(27-15)28-7-6-13(9-28)31-12-4-2-11(3-5-12)19(20,21)22/h2-5,8,10,13H,6-7,9H2,1H3,(H2,23,29)(H2,24,30)(H,25,26,27). The molecule has 9 nitrogen and oxygen atoms in total. The topological polar surface area (TPSA) is 136 Å². The number of hydrogen-bond donors (Lipinski definition) is 3. The fourth-order valence-corrected chi connectivity index (χ4v) is 2.99. The monoisotopic (exact) mass is 438 g/mol. The zero-order valence-corrected chi connectivity index (χ0v) is 16.5. The quantitative estimate of drug-likeness (QED) is 0.596. The Bertz CT molecular complexity index is 967. The fourth-order valence-electron chi connectivity index (χ4n) is 2.99. The number of alkyl halides is 3. The van der Waals surface area contributed by atoms with Crippen molar-refractivity contribution in [2.45, 2.75) is 31.7 Å². The van der Waals surface area contributed by atoms with Gasteiger partial charge in [-0.05, 0) is 31.2 Å². The van der Waals surface area contributed by atoms with E-state index in [-0.39, 0.29) is 23.6 Å². The normalized spacial score (nSPS) is 17.3. The van der Waals surface area contributed by atoms with E-state index in [0.717, 1.165) is 12.1 Å². The molecule has 0 aliphatic carbocycles. The summed E-state index contributed by atoms with van der Waals surface area (Å²) in [5.41, 5.74) is 9.78. The average molecular weight is 438 g/mol. The lowest BCUT2D eigenvalue weighted by molar-refractivity contribution is -0.137. The van der Waals surface area contributed by atoms with Crippen molar-refractivity contribution in [1.29, 1.82) is 0 Å². The van der Waals surface area contributed by atoms with Crippen molar-refractivity contribution in [3.05, 3.63) is 41.6 Å². The summed E-state index contributed by atoms with van der Waals surface area (Å²) in [6, 6.07) is 5.03. The number of carbonyl (C=O) groups excluding carboxylic acids is 2. The maximum atomic E-state index is 12.7. The third-order valence-electron chi connectivity index (χ3n) is 4.67. The molecule has 0 bridgehead atoms. The molecule has 12 heteroatoms. The first-order chi connectivity index (χ1) is 14.5. The molecule has 1 aromatic carbocycles. The number of halogens is 3. The Balaban J connectivity index is 1.71. The van der Waals surface area contributed by atoms with Crippen LogP contribution in [0.15, 0.2) is 30.3 Å². The lowest BCUT2D eigenvalue weighted by Crippen LogP contribution is -2.33. The molecule has 1 aliphatic heterocycles. The second kappa shape index (κ2) is 8.66. The zero-order chi connectivity index (χ0) is 22.8. The fraction of sp³-hybridized carbons (Fsp3) is 0.368. The largest absolute Gasteiger partial charge is 0.489 e. The summed E-state index contributed by atoms with van der Waals surface area (Å²) in [6.07, 6.45) is -4.17. The molecule has 0 spiro atoms. The van der Waals surface area contributed by atoms with Crippen molar-refractivity contribution in [3.63, 3.8) is 0 Å². The van der Waals surface area contributed by atoms with E-state index in [1.54, 1.807) is 4.90 Å². The van der Waals surface area contributed by atoms with Gasteiger partial charge < -0.3 is 26.4 Å². The highest BCUT2D eigenvalue weighted by molar-refractivity contribution is 5.92. The second-order valence-corrected chi connectivity index (χ2v) is 7.07. The van der Waals surface area contributed by atoms with Gasteiger partial charge in [-0.15, -0.1) is 0 Å². The highest BCUT2D eigenvalue weighted by Gasteiger charge is 2.31. The van der Waals surface area contributed by atoms with Gasteiger partial charge in [0.1, 0.15) is 29.4 Å². The molecule has 5 N–H and O–H groups in total. The lowest BCUT2D eigenvalue weighted by Gasteiger charge is -2.19. The molecule has 2 aromatic rings. The predicted octanol–water partition coefficient (Wildman–Crippen LogP) is 1.54. The summed E-state index contributed by atoms with van der Waals surface area (Å²) in [5, 5.41) is 2.79. The maximum absolute atomic E-state index is 12.7. The van der Waals surface area contributed by atoms with Crippen LogP contribution in [-0.4, -0.2) is 47.0 Å². The molecule has 166 valence electrons. The molecule has 1 aromatic heterocycles. The van der Waals surface area contributed by atoms with E-state index >= 15 is 0 Å². The first kappa shape index (κ1) is 22.1. The average Bonchev–Trinajstić information content (AvgIpc) is 3.16. The Hall–Kier alpha value is -3.57. The van der Waals surface area contributed by atoms with Crippen molar-refractivity contribution in [2.24, 2.45) is 11.5 Å². The minimum atomic E-state index is -4.41. The van der Waals surface area contributed by atoms with Crippen LogP contribution in [0.1, 0.15) is 29.4 Å². The summed E-state index contributed by atoms with van der Waals surface area (Å²) in [6.45, 7) is 2.37. The summed E-state index contributed by atoms with van der Waals surface area (Å²) < 4.78 is 43.8. The number of amides is 2. The number of aromatic nitrogens is 2. The van der Waals surface area contributed by atoms with E-state index in [1.165, 1.54) is 25.1 Å². The smallest absolute Gasteiger partial charge is 0.416 e. The summed E-state index contributed by atoms with van der Waals surface area (Å²) >= 11 is 0. The molecule has 2 unspecified atom stereocenters. The van der Waals surface area contributed by atoms with Crippen molar-refractivity contribution in [2.75, 3.05) is 23.3 Å². The molecule has 0 radical (unpaired) electrons. The van der Waals surface area contributed by atoms with Crippen LogP contribution in [0, 0.1) is 0 Å². The lowest BCUT2D eigenvalue weighted by atomic mass is 10.2. The molecule has 2 heterocycles. The van der Waals surface area contributed by atoms with E-state index < -0.39 is 29.6 Å². The zero-order valence-electron chi connectivity index (χ0n) is 16.5. The van der Waals surface area contributed by atoms with Gasteiger partial charge in [-0.2, -0.15) is 18.2 Å².